The van der Waals surface area contributed by atoms with Gasteiger partial charge >= 0.3 is 0 Å². The van der Waals surface area contributed by atoms with Crippen LogP contribution in [0.2, 0.25) is 0 Å². The molecule has 0 fully saturated rings. The fourth-order valence-corrected chi connectivity index (χ4v) is 2.64. The minimum Gasteiger partial charge on any atom is -0.379 e. The monoisotopic (exact) mass is 332 g/mol. The van der Waals surface area contributed by atoms with E-state index >= 15 is 0 Å². The van der Waals surface area contributed by atoms with E-state index in [-0.39, 0.29) is 12.1 Å². The van der Waals surface area contributed by atoms with E-state index in [0.717, 1.165) is 36.1 Å². The number of ether oxygens (including phenoxy) is 1. The van der Waals surface area contributed by atoms with Crippen LogP contribution in [0.1, 0.15) is 31.5 Å². The average molecular weight is 333 g/mol. The van der Waals surface area contributed by atoms with E-state index in [1.54, 1.807) is 7.11 Å². The second kappa shape index (κ2) is 7.99. The van der Waals surface area contributed by atoms with Crippen LogP contribution in [0.3, 0.4) is 0 Å². The van der Waals surface area contributed by atoms with E-state index < -0.39 is 0 Å². The van der Waals surface area contributed by atoms with E-state index in [4.69, 9.17) is 10.5 Å². The van der Waals surface area contributed by atoms with Crippen LogP contribution in [0.15, 0.2) is 10.7 Å². The van der Waals surface area contributed by atoms with Crippen molar-refractivity contribution in [1.82, 2.24) is 14.7 Å². The summed E-state index contributed by atoms with van der Waals surface area (Å²) in [7, 11) is 5.81. The predicted molar refractivity (Wildman–Crippen MR) is 81.1 cm³/mol. The molecule has 0 saturated carbocycles. The molecule has 0 aromatic carbocycles. The SMILES string of the molecule is CCCC(OC)C(N)c1c(Br)cnn1CCN(C)C. The van der Waals surface area contributed by atoms with Crippen molar-refractivity contribution in [3.8, 4) is 0 Å². The zero-order valence-corrected chi connectivity index (χ0v) is 13.9. The van der Waals surface area contributed by atoms with Crippen molar-refractivity contribution in [2.24, 2.45) is 5.73 Å². The Morgan fingerprint density at radius 2 is 2.21 bits per heavy atom. The van der Waals surface area contributed by atoms with E-state index in [1.165, 1.54) is 0 Å². The van der Waals surface area contributed by atoms with Gasteiger partial charge < -0.3 is 15.4 Å². The second-order valence-corrected chi connectivity index (χ2v) is 5.85. The molecular formula is C13H25BrN4O. The van der Waals surface area contributed by atoms with Crippen LogP contribution >= 0.6 is 15.9 Å². The largest absolute Gasteiger partial charge is 0.379 e. The smallest absolute Gasteiger partial charge is 0.0779 e. The van der Waals surface area contributed by atoms with Crippen LogP contribution in [0.5, 0.6) is 0 Å². The highest BCUT2D eigenvalue weighted by atomic mass is 79.9. The third-order valence-electron chi connectivity index (χ3n) is 3.18. The number of rotatable bonds is 8. The molecule has 0 bridgehead atoms. The second-order valence-electron chi connectivity index (χ2n) is 4.99. The van der Waals surface area contributed by atoms with Gasteiger partial charge in [-0.05, 0) is 36.4 Å². The summed E-state index contributed by atoms with van der Waals surface area (Å²) in [6.45, 7) is 3.89. The Hall–Kier alpha value is -0.430. The molecule has 2 N–H and O–H groups in total. The van der Waals surface area contributed by atoms with Crippen LogP contribution in [-0.2, 0) is 11.3 Å². The number of aromatic nitrogens is 2. The molecule has 0 radical (unpaired) electrons. The molecule has 110 valence electrons. The number of halogens is 1. The molecule has 1 heterocycles. The van der Waals surface area contributed by atoms with Gasteiger partial charge in [0.05, 0.1) is 35.1 Å². The number of nitrogens with two attached hydrogens (primary N) is 1. The molecule has 0 aliphatic heterocycles. The van der Waals surface area contributed by atoms with Crippen molar-refractivity contribution >= 4 is 15.9 Å². The standard InChI is InChI=1S/C13H25BrN4O/c1-5-6-11(19-4)12(15)13-10(14)9-16-18(13)8-7-17(2)3/h9,11-12H,5-8,15H2,1-4H3. The van der Waals surface area contributed by atoms with Gasteiger partial charge in [0.1, 0.15) is 0 Å². The summed E-state index contributed by atoms with van der Waals surface area (Å²) >= 11 is 3.54. The lowest BCUT2D eigenvalue weighted by molar-refractivity contribution is 0.0696. The highest BCUT2D eigenvalue weighted by Gasteiger charge is 2.24. The number of likely N-dealkylation sites (N-methyl/N-ethyl adjacent to an activating group) is 1. The fraction of sp³-hybridized carbons (Fsp3) is 0.769. The normalized spacial score (nSPS) is 14.9. The van der Waals surface area contributed by atoms with E-state index in [0.29, 0.717) is 0 Å². The third-order valence-corrected chi connectivity index (χ3v) is 3.80. The Kier molecular flexibility index (Phi) is 6.99. The minimum absolute atomic E-state index is 0.0242. The molecule has 0 aliphatic rings. The molecule has 1 aromatic rings. The summed E-state index contributed by atoms with van der Waals surface area (Å²) in [5.74, 6) is 0. The summed E-state index contributed by atoms with van der Waals surface area (Å²) in [6, 6.07) is -0.163. The van der Waals surface area contributed by atoms with Gasteiger partial charge in [-0.15, -0.1) is 0 Å². The van der Waals surface area contributed by atoms with Crippen LogP contribution in [0, 0.1) is 0 Å². The first-order chi connectivity index (χ1) is 9.01. The van der Waals surface area contributed by atoms with Crippen LogP contribution < -0.4 is 5.73 Å². The molecule has 2 atom stereocenters. The Bertz CT molecular complexity index is 381. The summed E-state index contributed by atoms with van der Waals surface area (Å²) < 4.78 is 8.44. The van der Waals surface area contributed by atoms with E-state index in [1.807, 2.05) is 25.0 Å². The number of methoxy groups -OCH3 is 1. The van der Waals surface area contributed by atoms with Crippen molar-refractivity contribution < 1.29 is 4.74 Å². The maximum atomic E-state index is 6.36. The zero-order chi connectivity index (χ0) is 14.4. The summed E-state index contributed by atoms with van der Waals surface area (Å²) in [4.78, 5) is 2.13. The van der Waals surface area contributed by atoms with Crippen molar-refractivity contribution in [2.75, 3.05) is 27.7 Å². The van der Waals surface area contributed by atoms with Gasteiger partial charge in [-0.1, -0.05) is 13.3 Å². The van der Waals surface area contributed by atoms with Gasteiger partial charge in [0.15, 0.2) is 0 Å². The number of hydrogen-bond donors (Lipinski definition) is 1. The Labute approximate surface area is 124 Å². The predicted octanol–water partition coefficient (Wildman–Crippen LogP) is 2.02. The van der Waals surface area contributed by atoms with Crippen LogP contribution in [0.25, 0.3) is 0 Å². The lowest BCUT2D eigenvalue weighted by atomic mass is 10.0. The molecule has 1 rings (SSSR count). The van der Waals surface area contributed by atoms with Gasteiger partial charge in [-0.25, -0.2) is 0 Å². The molecular weight excluding hydrogens is 308 g/mol. The van der Waals surface area contributed by atoms with Crippen molar-refractivity contribution in [1.29, 1.82) is 0 Å². The molecule has 0 amide bonds. The lowest BCUT2D eigenvalue weighted by Crippen LogP contribution is -2.31. The quantitative estimate of drug-likeness (QED) is 0.791. The number of hydrogen-bond acceptors (Lipinski definition) is 4. The van der Waals surface area contributed by atoms with Crippen LogP contribution in [0.4, 0.5) is 0 Å². The van der Waals surface area contributed by atoms with Gasteiger partial charge in [-0.3, -0.25) is 4.68 Å². The van der Waals surface area contributed by atoms with Gasteiger partial charge in [0.2, 0.25) is 0 Å². The summed E-state index contributed by atoms with van der Waals surface area (Å²) in [5, 5.41) is 4.39. The molecule has 0 saturated heterocycles. The zero-order valence-electron chi connectivity index (χ0n) is 12.3. The lowest BCUT2D eigenvalue weighted by Gasteiger charge is -2.24. The first-order valence-electron chi connectivity index (χ1n) is 6.65. The van der Waals surface area contributed by atoms with E-state index in [9.17, 15) is 0 Å². The van der Waals surface area contributed by atoms with Gasteiger partial charge in [-0.2, -0.15) is 5.10 Å². The highest BCUT2D eigenvalue weighted by molar-refractivity contribution is 9.10. The molecule has 6 heteroatoms. The Morgan fingerprint density at radius 1 is 1.53 bits per heavy atom. The number of nitrogens with zero attached hydrogens (tertiary/aromatic N) is 3. The van der Waals surface area contributed by atoms with Gasteiger partial charge in [0.25, 0.3) is 0 Å². The summed E-state index contributed by atoms with van der Waals surface area (Å²) in [6.07, 6.45) is 3.83. The maximum absolute atomic E-state index is 6.36. The first kappa shape index (κ1) is 16.6. The topological polar surface area (TPSA) is 56.3 Å². The first-order valence-corrected chi connectivity index (χ1v) is 7.44. The third kappa shape index (κ3) is 4.56. The Morgan fingerprint density at radius 3 is 2.74 bits per heavy atom. The summed E-state index contributed by atoms with van der Waals surface area (Å²) in [5.41, 5.74) is 7.37. The molecule has 5 nitrogen and oxygen atoms in total. The van der Waals surface area contributed by atoms with Gasteiger partial charge in [0, 0.05) is 13.7 Å². The van der Waals surface area contributed by atoms with E-state index in [2.05, 4.69) is 32.9 Å². The highest BCUT2D eigenvalue weighted by Crippen LogP contribution is 2.26. The fourth-order valence-electron chi connectivity index (χ4n) is 2.08. The van der Waals surface area contributed by atoms with Crippen molar-refractivity contribution in [3.63, 3.8) is 0 Å². The van der Waals surface area contributed by atoms with Crippen LogP contribution in [-0.4, -0.2) is 48.5 Å². The van der Waals surface area contributed by atoms with Crippen molar-refractivity contribution in [3.05, 3.63) is 16.4 Å². The molecule has 19 heavy (non-hydrogen) atoms. The molecule has 2 unspecified atom stereocenters. The average Bonchev–Trinajstić information content (AvgIpc) is 2.74. The van der Waals surface area contributed by atoms with Crippen molar-refractivity contribution in [2.45, 2.75) is 38.5 Å². The minimum atomic E-state index is -0.163. The maximum Gasteiger partial charge on any atom is 0.0779 e. The Balaban J connectivity index is 2.87. The molecule has 0 spiro atoms. The molecule has 0 aliphatic carbocycles. The molecule has 1 aromatic heterocycles.